The number of fused-ring (bicyclic) bond motifs is 8. The monoisotopic (exact) mass is 501 g/mol. The van der Waals surface area contributed by atoms with Crippen molar-refractivity contribution in [1.29, 1.82) is 0 Å². The predicted molar refractivity (Wildman–Crippen MR) is 159 cm³/mol. The van der Waals surface area contributed by atoms with Gasteiger partial charge in [0.1, 0.15) is 0 Å². The first-order valence-electron chi connectivity index (χ1n) is 16.2. The number of benzene rings is 1. The molecule has 204 valence electrons. The fourth-order valence-corrected chi connectivity index (χ4v) is 10.9. The van der Waals surface area contributed by atoms with Gasteiger partial charge in [0.05, 0.1) is 0 Å². The molecular weight excluding hydrogens is 446 g/mol. The first-order chi connectivity index (χ1) is 17.6. The molecule has 6 rings (SSSR count). The molecule has 1 aromatic carbocycles. The third kappa shape index (κ3) is 4.15. The number of hydrogen-bond donors (Lipinski definition) is 1. The van der Waals surface area contributed by atoms with Gasteiger partial charge in [-0.25, -0.2) is 0 Å². The van der Waals surface area contributed by atoms with E-state index in [0.717, 1.165) is 41.4 Å². The van der Waals surface area contributed by atoms with Gasteiger partial charge in [0.15, 0.2) is 0 Å². The minimum Gasteiger partial charge on any atom is -0.358 e. The molecule has 0 radical (unpaired) electrons. The summed E-state index contributed by atoms with van der Waals surface area (Å²) in [6.07, 6.45) is 15.9. The van der Waals surface area contributed by atoms with Gasteiger partial charge in [-0.05, 0) is 133 Å². The second kappa shape index (κ2) is 9.45. The molecule has 0 spiro atoms. The summed E-state index contributed by atoms with van der Waals surface area (Å²) in [5.41, 5.74) is 7.24. The Hall–Kier alpha value is -1.24. The standard InChI is InChI=1S/C36H55N/c1-22(2)9-8-10-24(5)30-14-15-31-27-13-12-26-20-34-29(21-36(26,7)32(27)17-18-35(30,31)6)28-19-25(23(3)4)11-16-33(28)37-34/h11,16,19,22-24,26-27,30-32,37H,8-10,12-15,17-18,20-21H2,1-7H3/t24-,26+,27-,30+,31+,32-,35-,36+/m1/s1. The molecule has 0 saturated heterocycles. The quantitative estimate of drug-likeness (QED) is 0.405. The van der Waals surface area contributed by atoms with E-state index in [9.17, 15) is 0 Å². The molecule has 2 aromatic rings. The number of aromatic nitrogens is 1. The summed E-state index contributed by atoms with van der Waals surface area (Å²) in [6, 6.07) is 7.24. The lowest BCUT2D eigenvalue weighted by Gasteiger charge is -2.60. The van der Waals surface area contributed by atoms with E-state index in [2.05, 4.69) is 71.6 Å². The Labute approximate surface area is 228 Å². The topological polar surface area (TPSA) is 15.8 Å². The largest absolute Gasteiger partial charge is 0.358 e. The molecule has 1 heteroatoms. The summed E-state index contributed by atoms with van der Waals surface area (Å²) in [5, 5.41) is 1.54. The second-order valence-electron chi connectivity index (χ2n) is 15.6. The molecule has 4 aliphatic rings. The third-order valence-electron chi connectivity index (χ3n) is 13.0. The van der Waals surface area contributed by atoms with Crippen LogP contribution in [0.5, 0.6) is 0 Å². The lowest BCUT2D eigenvalue weighted by molar-refractivity contribution is -0.103. The number of nitrogens with one attached hydrogen (secondary N) is 1. The molecule has 0 unspecified atom stereocenters. The fourth-order valence-electron chi connectivity index (χ4n) is 10.9. The Balaban J connectivity index is 1.25. The van der Waals surface area contributed by atoms with E-state index in [-0.39, 0.29) is 0 Å². The molecule has 1 heterocycles. The van der Waals surface area contributed by atoms with Gasteiger partial charge in [-0.3, -0.25) is 0 Å². The third-order valence-corrected chi connectivity index (χ3v) is 13.0. The van der Waals surface area contributed by atoms with Crippen LogP contribution in [0, 0.1) is 52.3 Å². The van der Waals surface area contributed by atoms with Crippen LogP contribution >= 0.6 is 0 Å². The van der Waals surface area contributed by atoms with Crippen molar-refractivity contribution >= 4 is 10.9 Å². The van der Waals surface area contributed by atoms with Gasteiger partial charge in [0.2, 0.25) is 0 Å². The van der Waals surface area contributed by atoms with Crippen molar-refractivity contribution in [3.63, 3.8) is 0 Å². The van der Waals surface area contributed by atoms with Crippen molar-refractivity contribution in [2.75, 3.05) is 0 Å². The van der Waals surface area contributed by atoms with Crippen LogP contribution in [0.3, 0.4) is 0 Å². The highest BCUT2D eigenvalue weighted by Gasteiger charge is 2.60. The van der Waals surface area contributed by atoms with Crippen LogP contribution < -0.4 is 0 Å². The zero-order valence-electron chi connectivity index (χ0n) is 25.1. The average molecular weight is 502 g/mol. The number of aromatic amines is 1. The molecule has 3 fully saturated rings. The number of rotatable bonds is 6. The van der Waals surface area contributed by atoms with E-state index in [4.69, 9.17) is 0 Å². The Morgan fingerprint density at radius 2 is 1.68 bits per heavy atom. The normalized spacial score (nSPS) is 37.9. The zero-order valence-corrected chi connectivity index (χ0v) is 25.1. The fraction of sp³-hybridized carbons (Fsp3) is 0.778. The van der Waals surface area contributed by atoms with Crippen molar-refractivity contribution in [1.82, 2.24) is 4.98 Å². The maximum absolute atomic E-state index is 3.89. The van der Waals surface area contributed by atoms with Gasteiger partial charge in [-0.15, -0.1) is 0 Å². The Bertz CT molecular complexity index is 1120. The van der Waals surface area contributed by atoms with Crippen LogP contribution in [-0.4, -0.2) is 4.98 Å². The lowest BCUT2D eigenvalue weighted by atomic mass is 9.44. The van der Waals surface area contributed by atoms with Gasteiger partial charge < -0.3 is 4.98 Å². The summed E-state index contributed by atoms with van der Waals surface area (Å²) < 4.78 is 0. The maximum Gasteiger partial charge on any atom is 0.0459 e. The summed E-state index contributed by atoms with van der Waals surface area (Å²) in [7, 11) is 0. The lowest BCUT2D eigenvalue weighted by Crippen LogP contribution is -2.54. The van der Waals surface area contributed by atoms with Gasteiger partial charge in [-0.1, -0.05) is 73.8 Å². The van der Waals surface area contributed by atoms with Crippen LogP contribution in [-0.2, 0) is 12.8 Å². The molecule has 1 aromatic heterocycles. The van der Waals surface area contributed by atoms with Crippen molar-refractivity contribution in [3.8, 4) is 0 Å². The van der Waals surface area contributed by atoms with Gasteiger partial charge in [0.25, 0.3) is 0 Å². The average Bonchev–Trinajstić information content (AvgIpc) is 3.38. The van der Waals surface area contributed by atoms with E-state index < -0.39 is 0 Å². The molecule has 1 N–H and O–H groups in total. The summed E-state index contributed by atoms with van der Waals surface area (Å²) >= 11 is 0. The molecule has 37 heavy (non-hydrogen) atoms. The SMILES string of the molecule is CC(C)CCC[C@@H](C)[C@@H]1CC[C@H]2[C@H]3CC[C@H]4Cc5[nH]c6ccc(C(C)C)cc6c5C[C@]4(C)[C@@H]3CC[C@@]21C. The highest BCUT2D eigenvalue weighted by atomic mass is 14.8. The molecule has 3 saturated carbocycles. The van der Waals surface area contributed by atoms with Crippen molar-refractivity contribution < 1.29 is 0 Å². The van der Waals surface area contributed by atoms with E-state index in [1.54, 1.807) is 16.6 Å². The maximum atomic E-state index is 3.89. The number of H-pyrrole nitrogens is 1. The van der Waals surface area contributed by atoms with Crippen LogP contribution in [0.1, 0.15) is 129 Å². The number of hydrogen-bond acceptors (Lipinski definition) is 0. The summed E-state index contributed by atoms with van der Waals surface area (Å²) in [5.74, 6) is 7.11. The van der Waals surface area contributed by atoms with Crippen molar-refractivity contribution in [2.24, 2.45) is 52.3 Å². The summed E-state index contributed by atoms with van der Waals surface area (Å²) in [6.45, 7) is 17.6. The van der Waals surface area contributed by atoms with Crippen LogP contribution in [0.25, 0.3) is 10.9 Å². The van der Waals surface area contributed by atoms with Crippen LogP contribution in [0.2, 0.25) is 0 Å². The molecule has 0 bridgehead atoms. The highest BCUT2D eigenvalue weighted by molar-refractivity contribution is 5.86. The minimum atomic E-state index is 0.487. The van der Waals surface area contributed by atoms with E-state index in [1.807, 2.05) is 0 Å². The van der Waals surface area contributed by atoms with E-state index in [0.29, 0.717) is 16.7 Å². The molecule has 0 aliphatic heterocycles. The molecular formula is C36H55N. The smallest absolute Gasteiger partial charge is 0.0459 e. The van der Waals surface area contributed by atoms with E-state index >= 15 is 0 Å². The Morgan fingerprint density at radius 1 is 0.892 bits per heavy atom. The van der Waals surface area contributed by atoms with Crippen LogP contribution in [0.15, 0.2) is 18.2 Å². The van der Waals surface area contributed by atoms with Gasteiger partial charge in [-0.2, -0.15) is 0 Å². The zero-order chi connectivity index (χ0) is 26.1. The summed E-state index contributed by atoms with van der Waals surface area (Å²) in [4.78, 5) is 3.89. The van der Waals surface area contributed by atoms with Crippen molar-refractivity contribution in [3.05, 3.63) is 35.0 Å². The highest BCUT2D eigenvalue weighted by Crippen LogP contribution is 2.68. The van der Waals surface area contributed by atoms with E-state index in [1.165, 1.54) is 81.7 Å². The Morgan fingerprint density at radius 3 is 2.43 bits per heavy atom. The van der Waals surface area contributed by atoms with Crippen LogP contribution in [0.4, 0.5) is 0 Å². The predicted octanol–water partition coefficient (Wildman–Crippen LogP) is 10.3. The van der Waals surface area contributed by atoms with Gasteiger partial charge in [0, 0.05) is 16.6 Å². The first kappa shape index (κ1) is 26.0. The van der Waals surface area contributed by atoms with Gasteiger partial charge >= 0.3 is 0 Å². The van der Waals surface area contributed by atoms with Crippen molar-refractivity contribution in [2.45, 2.75) is 125 Å². The first-order valence-corrected chi connectivity index (χ1v) is 16.2. The Kier molecular flexibility index (Phi) is 6.64. The second-order valence-corrected chi connectivity index (χ2v) is 15.6. The molecule has 0 amide bonds. The minimum absolute atomic E-state index is 0.487. The molecule has 1 nitrogen and oxygen atoms in total. The molecule has 4 aliphatic carbocycles. The molecule has 8 atom stereocenters.